The lowest BCUT2D eigenvalue weighted by Gasteiger charge is -2.21. The molecule has 0 aliphatic heterocycles. The van der Waals surface area contributed by atoms with E-state index in [-0.39, 0.29) is 13.2 Å². The Morgan fingerprint density at radius 3 is 0.682 bits per heavy atom. The summed E-state index contributed by atoms with van der Waals surface area (Å²) in [7, 11) is 12.3. The number of carboxylic acids is 4. The predicted molar refractivity (Wildman–Crippen MR) is 266 cm³/mol. The van der Waals surface area contributed by atoms with Crippen molar-refractivity contribution in [3.05, 3.63) is 93.2 Å². The number of allylic oxidation sites excluding steroid dienone is 12. The van der Waals surface area contributed by atoms with Crippen molar-refractivity contribution in [2.45, 2.75) is 134 Å². The van der Waals surface area contributed by atoms with E-state index in [4.69, 9.17) is 40.5 Å². The molecule has 15 nitrogen and oxygen atoms in total. The number of hydrogen-bond acceptors (Lipinski definition) is 9. The molecular formula is C51H92N2O13. The molecule has 0 unspecified atom stereocenters. The average Bonchev–Trinajstić information content (AvgIpc) is 3.06. The number of carbonyl (C=O) groups excluding carboxylic acids is 1. The van der Waals surface area contributed by atoms with E-state index in [1.54, 1.807) is 6.92 Å². The Kier molecular flexibility index (Phi) is 54.5. The third-order valence-electron chi connectivity index (χ3n) is 7.38. The number of aliphatic carboxylic acids is 4. The van der Waals surface area contributed by atoms with Crippen molar-refractivity contribution in [2.24, 2.45) is 0 Å². The molecule has 0 rings (SSSR count). The number of aliphatic hydroxyl groups is 2. The lowest BCUT2D eigenvalue weighted by molar-refractivity contribution is -0.870. The Balaban J connectivity index is -0.000000126. The summed E-state index contributed by atoms with van der Waals surface area (Å²) < 4.78 is 1.69. The van der Waals surface area contributed by atoms with Crippen molar-refractivity contribution < 1.29 is 73.8 Å². The molecule has 0 amide bonds. The van der Waals surface area contributed by atoms with Crippen molar-refractivity contribution in [2.75, 3.05) is 68.6 Å². The molecule has 0 heterocycles. The minimum Gasteiger partial charge on any atom is -0.565 e. The molecular weight excluding hydrogens is 849 g/mol. The van der Waals surface area contributed by atoms with Crippen LogP contribution < -0.4 is 10.2 Å². The minimum atomic E-state index is -2.08. The molecule has 0 saturated heterocycles. The highest BCUT2D eigenvalue weighted by Crippen LogP contribution is 2.08. The van der Waals surface area contributed by atoms with Gasteiger partial charge in [0.1, 0.15) is 13.1 Å². The highest BCUT2D eigenvalue weighted by molar-refractivity contribution is 5.81. The smallest absolute Gasteiger partial charge is 0.328 e. The molecule has 0 radical (unpaired) electrons. The normalized spacial score (nSPS) is 11.0. The number of carbonyl (C=O) groups is 5. The summed E-state index contributed by atoms with van der Waals surface area (Å²) in [4.78, 5) is 49.2. The molecule has 0 aliphatic carbocycles. The number of carboxylic acid groups (broad SMARTS) is 6. The summed E-state index contributed by atoms with van der Waals surface area (Å²) in [5.74, 6) is -3.68. The van der Waals surface area contributed by atoms with Crippen LogP contribution in [0.5, 0.6) is 0 Å². The second-order valence-electron chi connectivity index (χ2n) is 18.3. The molecule has 0 saturated carbocycles. The number of likely N-dealkylation sites (N-methyl/N-ethyl adjacent to an activating group) is 2. The summed E-state index contributed by atoms with van der Waals surface area (Å²) in [5, 5.41) is 67.4. The summed E-state index contributed by atoms with van der Waals surface area (Å²) in [6.45, 7) is 25.8. The van der Waals surface area contributed by atoms with Crippen molar-refractivity contribution in [1.82, 2.24) is 0 Å². The Labute approximate surface area is 399 Å². The maximum Gasteiger partial charge on any atom is 0.328 e. The molecule has 0 spiro atoms. The Morgan fingerprint density at radius 2 is 0.576 bits per heavy atom. The van der Waals surface area contributed by atoms with Gasteiger partial charge in [0.05, 0.1) is 61.5 Å². The van der Waals surface area contributed by atoms with Gasteiger partial charge in [-0.25, -0.2) is 14.4 Å². The van der Waals surface area contributed by atoms with Crippen molar-refractivity contribution in [3.8, 4) is 0 Å². The zero-order valence-corrected chi connectivity index (χ0v) is 44.0. The highest BCUT2D eigenvalue weighted by atomic mass is 16.6. The van der Waals surface area contributed by atoms with E-state index in [0.29, 0.717) is 0 Å². The molecule has 0 atom stereocenters. The summed E-state index contributed by atoms with van der Waals surface area (Å²) >= 11 is 0. The summed E-state index contributed by atoms with van der Waals surface area (Å²) in [5.41, 5.74) is 8.69. The zero-order chi connectivity index (χ0) is 53.6. The first kappa shape index (κ1) is 75.2. The average molecular weight is 941 g/mol. The van der Waals surface area contributed by atoms with Gasteiger partial charge in [0.25, 0.3) is 0 Å². The van der Waals surface area contributed by atoms with E-state index in [0.717, 1.165) is 102 Å². The fourth-order valence-electron chi connectivity index (χ4n) is 4.08. The van der Waals surface area contributed by atoms with Gasteiger partial charge >= 0.3 is 17.9 Å². The Bertz CT molecular complexity index is 1370. The fourth-order valence-corrected chi connectivity index (χ4v) is 4.08. The van der Waals surface area contributed by atoms with Crippen LogP contribution in [0.1, 0.15) is 134 Å². The largest absolute Gasteiger partial charge is 0.565 e. The topological polar surface area (TPSA) is 253 Å². The van der Waals surface area contributed by atoms with Crippen LogP contribution in [0.4, 0.5) is 4.79 Å². The molecule has 0 bridgehead atoms. The van der Waals surface area contributed by atoms with Gasteiger partial charge in [0.15, 0.2) is 0 Å². The zero-order valence-electron chi connectivity index (χ0n) is 44.0. The van der Waals surface area contributed by atoms with E-state index in [1.165, 1.54) is 40.5 Å². The van der Waals surface area contributed by atoms with Crippen LogP contribution in [0.2, 0.25) is 0 Å². The second-order valence-corrected chi connectivity index (χ2v) is 18.3. The van der Waals surface area contributed by atoms with E-state index in [9.17, 15) is 24.3 Å². The number of nitrogens with zero attached hydrogens (tertiary/aromatic N) is 2. The Hall–Kier alpha value is -5.09. The monoisotopic (exact) mass is 941 g/mol. The van der Waals surface area contributed by atoms with Gasteiger partial charge in [0.2, 0.25) is 6.16 Å². The van der Waals surface area contributed by atoms with E-state index in [1.807, 2.05) is 76.2 Å². The van der Waals surface area contributed by atoms with E-state index >= 15 is 0 Å². The van der Waals surface area contributed by atoms with Crippen LogP contribution in [0.3, 0.4) is 0 Å². The van der Waals surface area contributed by atoms with Crippen LogP contribution in [0, 0.1) is 0 Å². The molecule has 0 fully saturated rings. The van der Waals surface area contributed by atoms with E-state index < -0.39 is 30.0 Å². The van der Waals surface area contributed by atoms with Crippen LogP contribution >= 0.6 is 0 Å². The molecule has 0 aromatic heterocycles. The number of hydrogen-bond donors (Lipinski definition) is 6. The fraction of sp³-hybridized carbons (Fsp3) is 0.588. The standard InChI is InChI=1S/4C10H16O2.2C5H14NO.CH2O3/c4*1-8(2)5-4-6-9(3)7-10(11)12;2*1-6(2,3)4-5-7;2-1(3)4/h4*5,7H,4,6H2,1-3H3,(H,11,12);2*7H,4-5H2,1-3H3;(H2,2,3,4)/q;;;;2*+1;/p-2/b4*9-7+;;;. The van der Waals surface area contributed by atoms with Crippen LogP contribution in [-0.4, -0.2) is 138 Å². The van der Waals surface area contributed by atoms with Gasteiger partial charge in [-0.3, -0.25) is 0 Å². The lowest BCUT2D eigenvalue weighted by Crippen LogP contribution is -2.36. The second kappa shape index (κ2) is 47.9. The van der Waals surface area contributed by atoms with Gasteiger partial charge in [-0.05, 0) is 141 Å². The molecule has 15 heteroatoms. The van der Waals surface area contributed by atoms with Gasteiger partial charge in [-0.1, -0.05) is 68.9 Å². The first-order valence-electron chi connectivity index (χ1n) is 21.8. The highest BCUT2D eigenvalue weighted by Gasteiger charge is 2.03. The molecule has 0 aromatic rings. The van der Waals surface area contributed by atoms with Crippen molar-refractivity contribution in [3.63, 3.8) is 0 Å². The first-order valence-corrected chi connectivity index (χ1v) is 21.8. The first-order chi connectivity index (χ1) is 29.9. The number of quaternary nitrogens is 2. The van der Waals surface area contributed by atoms with E-state index in [2.05, 4.69) is 66.6 Å². The Morgan fingerprint density at radius 1 is 0.394 bits per heavy atom. The number of aliphatic hydroxyl groups excluding tert-OH is 2. The van der Waals surface area contributed by atoms with Crippen LogP contribution in [-0.2, 0) is 19.2 Å². The SMILES string of the molecule is CC(C)=CCC/C(C)=C/C(=O)O.CC(C)=CCC/C(C)=C/C(=O)O.CC(C)=CCC/C(C)=C/C(=O)O.CC(C)=CCC/C(C)=C/C(=O)[O-].C[N+](C)(C)CCO.C[N+](C)(C)CCO.O=C([O-])O. The number of rotatable bonds is 20. The third-order valence-corrected chi connectivity index (χ3v) is 7.38. The summed E-state index contributed by atoms with van der Waals surface area (Å²) in [6.07, 6.45) is 18.2. The van der Waals surface area contributed by atoms with Gasteiger partial charge in [-0.15, -0.1) is 0 Å². The maximum absolute atomic E-state index is 10.2. The van der Waals surface area contributed by atoms with Crippen molar-refractivity contribution >= 4 is 30.0 Å². The molecule has 66 heavy (non-hydrogen) atoms. The summed E-state index contributed by atoms with van der Waals surface area (Å²) in [6, 6.07) is 0. The quantitative estimate of drug-likeness (QED) is 0.0385. The molecule has 6 N–H and O–H groups in total. The molecule has 0 aromatic carbocycles. The van der Waals surface area contributed by atoms with Gasteiger partial charge in [-0.2, -0.15) is 0 Å². The maximum atomic E-state index is 10.2. The van der Waals surface area contributed by atoms with Gasteiger partial charge in [0, 0.05) is 18.2 Å². The predicted octanol–water partition coefficient (Wildman–Crippen LogP) is 7.98. The molecule has 384 valence electrons. The molecule has 0 aliphatic rings. The lowest BCUT2D eigenvalue weighted by atomic mass is 10.1. The van der Waals surface area contributed by atoms with Crippen LogP contribution in [0.25, 0.3) is 0 Å². The minimum absolute atomic E-state index is 0.281. The third kappa shape index (κ3) is 107. The van der Waals surface area contributed by atoms with Crippen molar-refractivity contribution in [1.29, 1.82) is 0 Å². The van der Waals surface area contributed by atoms with Gasteiger partial charge < -0.3 is 59.4 Å². The van der Waals surface area contributed by atoms with Crippen LogP contribution in [0.15, 0.2) is 93.2 Å².